The third-order valence-electron chi connectivity index (χ3n) is 7.29. The minimum Gasteiger partial charge on any atom is -0.301 e. The third-order valence-corrected chi connectivity index (χ3v) is 8.06. The molecule has 5 saturated carbocycles. The Labute approximate surface area is 148 Å². The molecule has 6 rings (SSSR count). The lowest BCUT2D eigenvalue weighted by molar-refractivity contribution is -0.140. The van der Waals surface area contributed by atoms with Crippen LogP contribution in [0.15, 0.2) is 5.38 Å². The Morgan fingerprint density at radius 2 is 1.67 bits per heavy atom. The van der Waals surface area contributed by atoms with Gasteiger partial charge in [0, 0.05) is 11.3 Å². The zero-order chi connectivity index (χ0) is 16.1. The maximum absolute atomic E-state index is 13.1. The first kappa shape index (κ1) is 15.4. The van der Waals surface area contributed by atoms with Gasteiger partial charge in [-0.15, -0.1) is 11.3 Å². The molecular formula is C20H28N2OS. The second-order valence-corrected chi connectivity index (χ2v) is 9.92. The molecule has 0 saturated heterocycles. The lowest BCUT2D eigenvalue weighted by Gasteiger charge is -2.55. The average molecular weight is 345 g/mol. The van der Waals surface area contributed by atoms with E-state index >= 15 is 0 Å². The Bertz CT molecular complexity index is 596. The van der Waals surface area contributed by atoms with Crippen molar-refractivity contribution < 1.29 is 4.79 Å². The number of carbonyl (C=O) groups is 1. The van der Waals surface area contributed by atoms with Gasteiger partial charge >= 0.3 is 0 Å². The van der Waals surface area contributed by atoms with Crippen molar-refractivity contribution in [2.45, 2.75) is 76.5 Å². The summed E-state index contributed by atoms with van der Waals surface area (Å²) in [4.78, 5) is 17.9. The molecular weight excluding hydrogens is 316 g/mol. The van der Waals surface area contributed by atoms with Gasteiger partial charge in [-0.1, -0.05) is 19.3 Å². The number of nitrogens with zero attached hydrogens (tertiary/aromatic N) is 1. The summed E-state index contributed by atoms with van der Waals surface area (Å²) in [5, 5.41) is 6.26. The van der Waals surface area contributed by atoms with E-state index in [4.69, 9.17) is 4.98 Å². The molecule has 0 aliphatic heterocycles. The van der Waals surface area contributed by atoms with E-state index in [1.54, 1.807) is 11.3 Å². The largest absolute Gasteiger partial charge is 0.301 e. The fourth-order valence-corrected chi connectivity index (χ4v) is 7.34. The van der Waals surface area contributed by atoms with Crippen molar-refractivity contribution >= 4 is 22.4 Å². The smallest absolute Gasteiger partial charge is 0.232 e. The molecule has 0 spiro atoms. The predicted octanol–water partition coefficient (Wildman–Crippen LogP) is 5.35. The fraction of sp³-hybridized carbons (Fsp3) is 0.800. The Hall–Kier alpha value is -0.900. The zero-order valence-electron chi connectivity index (χ0n) is 14.4. The van der Waals surface area contributed by atoms with Crippen molar-refractivity contribution in [2.24, 2.45) is 23.2 Å². The highest BCUT2D eigenvalue weighted by atomic mass is 32.1. The maximum Gasteiger partial charge on any atom is 0.232 e. The van der Waals surface area contributed by atoms with Gasteiger partial charge in [0.1, 0.15) is 0 Å². The first-order chi connectivity index (χ1) is 11.7. The second-order valence-electron chi connectivity index (χ2n) is 9.06. The molecule has 0 unspecified atom stereocenters. The molecule has 4 bridgehead atoms. The average Bonchev–Trinajstić information content (AvgIpc) is 3.03. The molecule has 1 aromatic rings. The Kier molecular flexibility index (Phi) is 3.73. The number of hydrogen-bond acceptors (Lipinski definition) is 3. The van der Waals surface area contributed by atoms with Gasteiger partial charge in [0.25, 0.3) is 0 Å². The van der Waals surface area contributed by atoms with Gasteiger partial charge in [-0.3, -0.25) is 4.79 Å². The summed E-state index contributed by atoms with van der Waals surface area (Å²) in [5.41, 5.74) is 1.16. The fourth-order valence-electron chi connectivity index (χ4n) is 6.55. The van der Waals surface area contributed by atoms with Crippen LogP contribution < -0.4 is 5.32 Å². The predicted molar refractivity (Wildman–Crippen MR) is 97.2 cm³/mol. The summed E-state index contributed by atoms with van der Waals surface area (Å²) in [6.07, 6.45) is 14.1. The normalized spacial score (nSPS) is 38.4. The van der Waals surface area contributed by atoms with E-state index in [2.05, 4.69) is 10.7 Å². The van der Waals surface area contributed by atoms with Crippen LogP contribution in [0.25, 0.3) is 0 Å². The molecule has 0 atom stereocenters. The lowest BCUT2D eigenvalue weighted by Crippen LogP contribution is -2.51. The van der Waals surface area contributed by atoms with Gasteiger partial charge in [0.05, 0.1) is 11.1 Å². The summed E-state index contributed by atoms with van der Waals surface area (Å²) < 4.78 is 0. The molecule has 1 amide bonds. The number of rotatable bonds is 3. The Balaban J connectivity index is 1.29. The van der Waals surface area contributed by atoms with Crippen LogP contribution in [-0.2, 0) is 4.79 Å². The molecule has 130 valence electrons. The number of nitrogens with one attached hydrogen (secondary N) is 1. The molecule has 4 heteroatoms. The van der Waals surface area contributed by atoms with Crippen molar-refractivity contribution in [3.8, 4) is 0 Å². The second kappa shape index (κ2) is 5.82. The number of aromatic nitrogens is 1. The molecule has 0 radical (unpaired) electrons. The monoisotopic (exact) mass is 344 g/mol. The Morgan fingerprint density at radius 3 is 2.29 bits per heavy atom. The van der Waals surface area contributed by atoms with Crippen molar-refractivity contribution in [1.29, 1.82) is 0 Å². The van der Waals surface area contributed by atoms with Crippen molar-refractivity contribution in [3.05, 3.63) is 11.1 Å². The Morgan fingerprint density at radius 1 is 1.04 bits per heavy atom. The molecule has 5 aliphatic rings. The minimum absolute atomic E-state index is 0.0641. The van der Waals surface area contributed by atoms with E-state index < -0.39 is 0 Å². The first-order valence-corrected chi connectivity index (χ1v) is 10.8. The summed E-state index contributed by atoms with van der Waals surface area (Å²) in [6.45, 7) is 0. The highest BCUT2D eigenvalue weighted by molar-refractivity contribution is 7.13. The minimum atomic E-state index is -0.0641. The number of anilines is 1. The van der Waals surface area contributed by atoms with Gasteiger partial charge < -0.3 is 5.32 Å². The summed E-state index contributed by atoms with van der Waals surface area (Å²) in [5.74, 6) is 3.36. The van der Waals surface area contributed by atoms with Crippen LogP contribution in [0.5, 0.6) is 0 Å². The molecule has 1 N–H and O–H groups in total. The molecule has 3 nitrogen and oxygen atoms in total. The third kappa shape index (κ3) is 2.61. The summed E-state index contributed by atoms with van der Waals surface area (Å²) in [7, 11) is 0. The van der Waals surface area contributed by atoms with Crippen LogP contribution in [0.4, 0.5) is 5.13 Å². The van der Waals surface area contributed by atoms with E-state index in [9.17, 15) is 4.79 Å². The highest BCUT2D eigenvalue weighted by Crippen LogP contribution is 2.60. The van der Waals surface area contributed by atoms with Crippen LogP contribution in [0.2, 0.25) is 0 Å². The first-order valence-electron chi connectivity index (χ1n) is 9.97. The molecule has 24 heavy (non-hydrogen) atoms. The highest BCUT2D eigenvalue weighted by Gasteiger charge is 2.54. The molecule has 1 aromatic heterocycles. The van der Waals surface area contributed by atoms with Crippen molar-refractivity contribution in [2.75, 3.05) is 5.32 Å². The van der Waals surface area contributed by atoms with E-state index in [0.29, 0.717) is 5.92 Å². The molecule has 5 aliphatic carbocycles. The number of hydrogen-bond donors (Lipinski definition) is 1. The van der Waals surface area contributed by atoms with Gasteiger partial charge in [0.15, 0.2) is 5.13 Å². The van der Waals surface area contributed by atoms with Crippen LogP contribution in [0.1, 0.15) is 82.2 Å². The number of amides is 1. The molecule has 5 fully saturated rings. The van der Waals surface area contributed by atoms with Gasteiger partial charge in [-0.05, 0) is 69.1 Å². The van der Waals surface area contributed by atoms with Crippen LogP contribution in [0.3, 0.4) is 0 Å². The molecule has 1 heterocycles. The van der Waals surface area contributed by atoms with E-state index in [-0.39, 0.29) is 11.3 Å². The zero-order valence-corrected chi connectivity index (χ0v) is 15.2. The van der Waals surface area contributed by atoms with Crippen LogP contribution in [-0.4, -0.2) is 10.9 Å². The van der Waals surface area contributed by atoms with Crippen LogP contribution in [0, 0.1) is 23.2 Å². The maximum atomic E-state index is 13.1. The van der Waals surface area contributed by atoms with Crippen molar-refractivity contribution in [1.82, 2.24) is 4.98 Å². The lowest BCUT2D eigenvalue weighted by atomic mass is 9.49. The van der Waals surface area contributed by atoms with E-state index in [1.807, 2.05) is 0 Å². The topological polar surface area (TPSA) is 42.0 Å². The van der Waals surface area contributed by atoms with Crippen LogP contribution >= 0.6 is 11.3 Å². The van der Waals surface area contributed by atoms with E-state index in [0.717, 1.165) is 42.1 Å². The number of carbonyl (C=O) groups excluding carboxylic acids is 1. The summed E-state index contributed by atoms with van der Waals surface area (Å²) in [6, 6.07) is 0. The van der Waals surface area contributed by atoms with E-state index in [1.165, 1.54) is 57.1 Å². The SMILES string of the molecule is O=C(Nc1nc(C2CCCCC2)cs1)C12CC3CC(CC(C3)C1)C2. The van der Waals surface area contributed by atoms with Gasteiger partial charge in [-0.25, -0.2) is 4.98 Å². The van der Waals surface area contributed by atoms with Crippen molar-refractivity contribution in [3.63, 3.8) is 0 Å². The summed E-state index contributed by atoms with van der Waals surface area (Å²) >= 11 is 1.63. The van der Waals surface area contributed by atoms with Gasteiger partial charge in [0.2, 0.25) is 5.91 Å². The number of thiazole rings is 1. The standard InChI is InChI=1S/C20H28N2OS/c23-18(20-9-13-6-14(10-20)8-15(7-13)11-20)22-19-21-17(12-24-19)16-4-2-1-3-5-16/h12-16H,1-11H2,(H,21,22,23). The quantitative estimate of drug-likeness (QED) is 0.803. The molecule has 0 aromatic carbocycles. The van der Waals surface area contributed by atoms with Gasteiger partial charge in [-0.2, -0.15) is 0 Å².